The van der Waals surface area contributed by atoms with E-state index in [1.165, 1.54) is 10.5 Å². The van der Waals surface area contributed by atoms with Crippen molar-refractivity contribution in [2.45, 2.75) is 56.0 Å². The molecule has 1 heterocycles. The van der Waals surface area contributed by atoms with Gasteiger partial charge in [-0.05, 0) is 31.2 Å². The zero-order chi connectivity index (χ0) is 18.9. The first kappa shape index (κ1) is 17.8. The maximum absolute atomic E-state index is 12.5. The van der Waals surface area contributed by atoms with Gasteiger partial charge >= 0.3 is 12.1 Å². The Morgan fingerprint density at radius 2 is 1.93 bits per heavy atom. The molecule has 3 fully saturated rings. The Labute approximate surface area is 158 Å². The first-order valence-corrected chi connectivity index (χ1v) is 9.82. The Bertz CT molecular complexity index is 730. The van der Waals surface area contributed by atoms with Gasteiger partial charge in [-0.25, -0.2) is 9.59 Å². The molecule has 1 aromatic carbocycles. The predicted octanol–water partition coefficient (Wildman–Crippen LogP) is 2.10. The minimum atomic E-state index is -0.652. The molecule has 7 heteroatoms. The Kier molecular flexibility index (Phi) is 4.76. The molecule has 3 aliphatic rings. The lowest BCUT2D eigenvalue weighted by atomic mass is 9.98. The normalized spacial score (nSPS) is 25.6. The highest BCUT2D eigenvalue weighted by atomic mass is 16.2. The summed E-state index contributed by atoms with van der Waals surface area (Å²) < 4.78 is 0. The Hall–Kier alpha value is -2.57. The molecule has 5 amide bonds. The summed E-state index contributed by atoms with van der Waals surface area (Å²) in [4.78, 5) is 37.9. The highest BCUT2D eigenvalue weighted by Crippen LogP contribution is 2.40. The van der Waals surface area contributed by atoms with Crippen LogP contribution < -0.4 is 16.0 Å². The van der Waals surface area contributed by atoms with Gasteiger partial charge in [0.1, 0.15) is 5.54 Å². The number of benzene rings is 1. The number of imide groups is 1. The summed E-state index contributed by atoms with van der Waals surface area (Å²) in [6.07, 6.45) is 4.94. The predicted molar refractivity (Wildman–Crippen MR) is 100 cm³/mol. The maximum Gasteiger partial charge on any atom is 0.325 e. The van der Waals surface area contributed by atoms with Crippen molar-refractivity contribution in [3.05, 3.63) is 35.9 Å². The van der Waals surface area contributed by atoms with E-state index in [2.05, 4.69) is 28.1 Å². The third-order valence-corrected chi connectivity index (χ3v) is 5.88. The van der Waals surface area contributed by atoms with E-state index in [1.807, 2.05) is 18.2 Å². The molecule has 1 aromatic rings. The molecule has 3 N–H and O–H groups in total. The van der Waals surface area contributed by atoms with Crippen LogP contribution in [-0.2, 0) is 4.79 Å². The first-order valence-electron chi connectivity index (χ1n) is 9.82. The molecule has 1 saturated heterocycles. The number of amides is 5. The average molecular weight is 370 g/mol. The molecule has 0 radical (unpaired) electrons. The van der Waals surface area contributed by atoms with Gasteiger partial charge in [-0.1, -0.05) is 43.2 Å². The second kappa shape index (κ2) is 7.21. The van der Waals surface area contributed by atoms with Crippen molar-refractivity contribution >= 4 is 18.0 Å². The van der Waals surface area contributed by atoms with Crippen LogP contribution in [0.1, 0.15) is 50.0 Å². The Balaban J connectivity index is 1.16. The summed E-state index contributed by atoms with van der Waals surface area (Å²) in [5, 5.41) is 8.67. The molecule has 1 spiro atoms. The molecule has 2 atom stereocenters. The number of hydrogen-bond donors (Lipinski definition) is 3. The molecule has 0 bridgehead atoms. The largest absolute Gasteiger partial charge is 0.338 e. The Morgan fingerprint density at radius 1 is 1.19 bits per heavy atom. The molecule has 2 aliphatic carbocycles. The number of rotatable bonds is 6. The van der Waals surface area contributed by atoms with Crippen molar-refractivity contribution in [1.82, 2.24) is 20.9 Å². The van der Waals surface area contributed by atoms with Crippen molar-refractivity contribution < 1.29 is 14.4 Å². The summed E-state index contributed by atoms with van der Waals surface area (Å²) in [6, 6.07) is 9.87. The lowest BCUT2D eigenvalue weighted by Crippen LogP contribution is -2.44. The van der Waals surface area contributed by atoms with Gasteiger partial charge in [-0.2, -0.15) is 0 Å². The second-order valence-corrected chi connectivity index (χ2v) is 7.79. The molecule has 144 valence electrons. The molecule has 2 saturated carbocycles. The van der Waals surface area contributed by atoms with Crippen LogP contribution in [0, 0.1) is 0 Å². The van der Waals surface area contributed by atoms with Crippen molar-refractivity contribution in [2.75, 3.05) is 13.1 Å². The minimum absolute atomic E-state index is 0.0989. The van der Waals surface area contributed by atoms with Crippen molar-refractivity contribution in [2.24, 2.45) is 0 Å². The zero-order valence-corrected chi connectivity index (χ0v) is 15.4. The summed E-state index contributed by atoms with van der Waals surface area (Å²) in [5.41, 5.74) is 0.600. The van der Waals surface area contributed by atoms with Crippen molar-refractivity contribution in [3.8, 4) is 0 Å². The molecule has 1 aliphatic heterocycles. The molecular formula is C20H26N4O3. The number of carbonyl (C=O) groups excluding carboxylic acids is 3. The van der Waals surface area contributed by atoms with Crippen LogP contribution in [0.4, 0.5) is 9.59 Å². The molecule has 4 rings (SSSR count). The van der Waals surface area contributed by atoms with Crippen LogP contribution in [0.5, 0.6) is 0 Å². The monoisotopic (exact) mass is 370 g/mol. The first-order chi connectivity index (χ1) is 13.1. The smallest absolute Gasteiger partial charge is 0.325 e. The van der Waals surface area contributed by atoms with E-state index in [4.69, 9.17) is 0 Å². The number of urea groups is 2. The van der Waals surface area contributed by atoms with Crippen LogP contribution in [0.2, 0.25) is 0 Å². The number of nitrogens with zero attached hydrogens (tertiary/aromatic N) is 1. The molecule has 0 aromatic heterocycles. The SMILES string of the molecule is O=C(NCCCN1C(=O)NC2(CCCC2)C1=O)N[C@@H]1C[C@@H]1c1ccccc1. The fourth-order valence-corrected chi connectivity index (χ4v) is 4.28. The summed E-state index contributed by atoms with van der Waals surface area (Å²) in [5.74, 6) is 0.295. The van der Waals surface area contributed by atoms with Gasteiger partial charge in [0.25, 0.3) is 5.91 Å². The lowest BCUT2D eigenvalue weighted by molar-refractivity contribution is -0.131. The minimum Gasteiger partial charge on any atom is -0.338 e. The lowest BCUT2D eigenvalue weighted by Gasteiger charge is -2.20. The molecular weight excluding hydrogens is 344 g/mol. The summed E-state index contributed by atoms with van der Waals surface area (Å²) in [6.45, 7) is 0.765. The standard InChI is InChI=1S/C20H26N4O3/c25-17-20(9-4-5-10-20)23-19(27)24(17)12-6-11-21-18(26)22-16-13-15(16)14-7-2-1-3-8-14/h1-3,7-8,15-16H,4-6,9-13H2,(H,23,27)(H2,21,22,26)/t15-,16-/m1/s1. The number of hydrogen-bond acceptors (Lipinski definition) is 3. The van der Waals surface area contributed by atoms with E-state index in [0.29, 0.717) is 25.4 Å². The Morgan fingerprint density at radius 3 is 2.67 bits per heavy atom. The van der Waals surface area contributed by atoms with Gasteiger partial charge in [-0.15, -0.1) is 0 Å². The van der Waals surface area contributed by atoms with Crippen LogP contribution in [0.15, 0.2) is 30.3 Å². The zero-order valence-electron chi connectivity index (χ0n) is 15.4. The highest BCUT2D eigenvalue weighted by molar-refractivity contribution is 6.07. The van der Waals surface area contributed by atoms with E-state index in [0.717, 1.165) is 32.1 Å². The molecule has 27 heavy (non-hydrogen) atoms. The van der Waals surface area contributed by atoms with Gasteiger partial charge < -0.3 is 16.0 Å². The third kappa shape index (κ3) is 3.63. The van der Waals surface area contributed by atoms with E-state index in [9.17, 15) is 14.4 Å². The van der Waals surface area contributed by atoms with Crippen LogP contribution in [0.25, 0.3) is 0 Å². The average Bonchev–Trinajstić information content (AvgIpc) is 3.19. The van der Waals surface area contributed by atoms with Gasteiger partial charge in [0.05, 0.1) is 0 Å². The van der Waals surface area contributed by atoms with Crippen LogP contribution in [-0.4, -0.2) is 47.5 Å². The molecule has 7 nitrogen and oxygen atoms in total. The maximum atomic E-state index is 12.5. The fraction of sp³-hybridized carbons (Fsp3) is 0.550. The topological polar surface area (TPSA) is 90.5 Å². The van der Waals surface area contributed by atoms with Crippen molar-refractivity contribution in [3.63, 3.8) is 0 Å². The molecule has 0 unspecified atom stereocenters. The van der Waals surface area contributed by atoms with Gasteiger partial charge in [0.2, 0.25) is 0 Å². The quantitative estimate of drug-likeness (QED) is 0.529. The summed E-state index contributed by atoms with van der Waals surface area (Å²) in [7, 11) is 0. The van der Waals surface area contributed by atoms with Gasteiger partial charge in [-0.3, -0.25) is 9.69 Å². The van der Waals surface area contributed by atoms with Gasteiger partial charge in [0, 0.05) is 25.0 Å². The highest BCUT2D eigenvalue weighted by Gasteiger charge is 2.52. The number of carbonyl (C=O) groups is 3. The number of nitrogens with one attached hydrogen (secondary N) is 3. The second-order valence-electron chi connectivity index (χ2n) is 7.79. The van der Waals surface area contributed by atoms with Crippen LogP contribution in [0.3, 0.4) is 0 Å². The van der Waals surface area contributed by atoms with E-state index in [1.54, 1.807) is 0 Å². The summed E-state index contributed by atoms with van der Waals surface area (Å²) >= 11 is 0. The van der Waals surface area contributed by atoms with E-state index >= 15 is 0 Å². The van der Waals surface area contributed by atoms with E-state index < -0.39 is 5.54 Å². The van der Waals surface area contributed by atoms with Gasteiger partial charge in [0.15, 0.2) is 0 Å². The third-order valence-electron chi connectivity index (χ3n) is 5.88. The van der Waals surface area contributed by atoms with Crippen LogP contribution >= 0.6 is 0 Å². The fourth-order valence-electron chi connectivity index (χ4n) is 4.28. The van der Waals surface area contributed by atoms with E-state index in [-0.39, 0.29) is 24.0 Å². The van der Waals surface area contributed by atoms with Crippen molar-refractivity contribution in [1.29, 1.82) is 0 Å².